The second kappa shape index (κ2) is 12.4. The van der Waals surface area contributed by atoms with E-state index in [9.17, 15) is 4.79 Å². The summed E-state index contributed by atoms with van der Waals surface area (Å²) in [7, 11) is 0. The molecule has 0 spiro atoms. The molecule has 0 N–H and O–H groups in total. The third-order valence-corrected chi connectivity index (χ3v) is 8.98. The number of esters is 1. The summed E-state index contributed by atoms with van der Waals surface area (Å²) in [5.41, 5.74) is 0. The Labute approximate surface area is 197 Å². The maximum absolute atomic E-state index is 11.4. The highest BCUT2D eigenvalue weighted by Crippen LogP contribution is 2.38. The lowest BCUT2D eigenvalue weighted by molar-refractivity contribution is -0.144. The van der Waals surface area contributed by atoms with E-state index in [1.54, 1.807) is 0 Å². The van der Waals surface area contributed by atoms with Crippen molar-refractivity contribution < 1.29 is 9.53 Å². The summed E-state index contributed by atoms with van der Waals surface area (Å²) in [6.45, 7) is 3.50. The van der Waals surface area contributed by atoms with Gasteiger partial charge < -0.3 is 4.74 Å². The van der Waals surface area contributed by atoms with Gasteiger partial charge in [0.25, 0.3) is 0 Å². The zero-order valence-electron chi connectivity index (χ0n) is 20.4. The van der Waals surface area contributed by atoms with Crippen LogP contribution in [0.4, 0.5) is 0 Å². The van der Waals surface area contributed by atoms with Crippen molar-refractivity contribution in [3.8, 4) is 0 Å². The van der Waals surface area contributed by atoms with Gasteiger partial charge in [-0.2, -0.15) is 0 Å². The topological polar surface area (TPSA) is 29.5 Å². The van der Waals surface area contributed by atoms with Gasteiger partial charge in [0, 0.05) is 24.2 Å². The number of carbonyl (C=O) groups excluding carboxylic acids is 1. The molecule has 32 heavy (non-hydrogen) atoms. The van der Waals surface area contributed by atoms with Crippen molar-refractivity contribution in [3.05, 3.63) is 24.8 Å². The average molecular weight is 442 g/mol. The zero-order valence-corrected chi connectivity index (χ0v) is 20.4. The summed E-state index contributed by atoms with van der Waals surface area (Å²) in [4.78, 5) is 14.5. The number of allylic oxidation sites excluding steroid dienone is 2. The number of hydrogen-bond acceptors (Lipinski definition) is 3. The van der Waals surface area contributed by atoms with E-state index >= 15 is 0 Å². The molecule has 0 aliphatic heterocycles. The smallest absolute Gasteiger partial charge is 0.330 e. The van der Waals surface area contributed by atoms with Crippen LogP contribution in [0.1, 0.15) is 116 Å². The van der Waals surface area contributed by atoms with Crippen LogP contribution in [0.3, 0.4) is 0 Å². The summed E-state index contributed by atoms with van der Waals surface area (Å²) in [5.74, 6) is 1.19. The fraction of sp³-hybridized carbons (Fsp3) is 0.828. The molecule has 4 fully saturated rings. The molecule has 0 aromatic rings. The van der Waals surface area contributed by atoms with Crippen LogP contribution in [-0.2, 0) is 9.53 Å². The van der Waals surface area contributed by atoms with Crippen LogP contribution in [0.2, 0.25) is 0 Å². The maximum Gasteiger partial charge on any atom is 0.330 e. The van der Waals surface area contributed by atoms with Crippen LogP contribution >= 0.6 is 0 Å². The standard InChI is InChI=1S/C29H47NO2/c1-2-29(31)32-28-21-17-24(18-22-28)14-13-23-15-19-27(20-16-23)30(25-9-5-3-6-10-25)26-11-7-4-8-12-26/h2,13-14,23-28H,1,3-12,15-22H2. The fourth-order valence-electron chi connectivity index (χ4n) is 7.17. The van der Waals surface area contributed by atoms with Gasteiger partial charge >= 0.3 is 5.97 Å². The van der Waals surface area contributed by atoms with E-state index < -0.39 is 0 Å². The van der Waals surface area contributed by atoms with E-state index in [0.717, 1.165) is 49.7 Å². The van der Waals surface area contributed by atoms with Crippen molar-refractivity contribution in [2.75, 3.05) is 0 Å². The van der Waals surface area contributed by atoms with E-state index in [1.807, 2.05) is 0 Å². The third kappa shape index (κ3) is 6.72. The fourth-order valence-corrected chi connectivity index (χ4v) is 7.17. The molecule has 4 saturated carbocycles. The summed E-state index contributed by atoms with van der Waals surface area (Å²) < 4.78 is 5.43. The molecule has 0 atom stereocenters. The predicted molar refractivity (Wildman–Crippen MR) is 133 cm³/mol. The first-order valence-electron chi connectivity index (χ1n) is 14.0. The molecule has 3 nitrogen and oxygen atoms in total. The molecule has 0 unspecified atom stereocenters. The molecular weight excluding hydrogens is 394 g/mol. The minimum atomic E-state index is -0.267. The lowest BCUT2D eigenvalue weighted by atomic mass is 9.80. The Bertz CT molecular complexity index is 583. The normalized spacial score (nSPS) is 33.4. The van der Waals surface area contributed by atoms with Crippen LogP contribution in [-0.4, -0.2) is 35.1 Å². The Hall–Kier alpha value is -1.09. The Morgan fingerprint density at radius 1 is 0.625 bits per heavy atom. The molecule has 0 aromatic carbocycles. The first-order valence-corrected chi connectivity index (χ1v) is 14.0. The van der Waals surface area contributed by atoms with Crippen LogP contribution in [0.25, 0.3) is 0 Å². The number of nitrogens with zero attached hydrogens (tertiary/aromatic N) is 1. The van der Waals surface area contributed by atoms with E-state index in [4.69, 9.17) is 4.74 Å². The predicted octanol–water partition coefficient (Wildman–Crippen LogP) is 7.36. The zero-order chi connectivity index (χ0) is 22.2. The molecule has 3 heteroatoms. The second-order valence-corrected chi connectivity index (χ2v) is 11.2. The maximum atomic E-state index is 11.4. The summed E-state index contributed by atoms with van der Waals surface area (Å²) in [6.07, 6.45) is 30.9. The van der Waals surface area contributed by atoms with E-state index in [-0.39, 0.29) is 12.1 Å². The number of ether oxygens (including phenoxy) is 1. The van der Waals surface area contributed by atoms with Gasteiger partial charge in [-0.05, 0) is 88.9 Å². The first kappa shape index (κ1) is 24.0. The molecule has 0 saturated heterocycles. The Morgan fingerprint density at radius 3 is 1.53 bits per heavy atom. The van der Waals surface area contributed by atoms with E-state index in [2.05, 4.69) is 23.6 Å². The molecule has 0 bridgehead atoms. The van der Waals surface area contributed by atoms with Gasteiger partial charge in [-0.3, -0.25) is 4.90 Å². The number of carbonyl (C=O) groups is 1. The summed E-state index contributed by atoms with van der Waals surface area (Å²) in [5, 5.41) is 0. The Morgan fingerprint density at radius 2 is 1.06 bits per heavy atom. The molecule has 4 rings (SSSR count). The largest absolute Gasteiger partial charge is 0.459 e. The van der Waals surface area contributed by atoms with Crippen molar-refractivity contribution in [1.82, 2.24) is 4.90 Å². The van der Waals surface area contributed by atoms with Crippen molar-refractivity contribution in [2.24, 2.45) is 11.8 Å². The van der Waals surface area contributed by atoms with Crippen molar-refractivity contribution in [2.45, 2.75) is 140 Å². The van der Waals surface area contributed by atoms with Crippen LogP contribution < -0.4 is 0 Å². The molecule has 4 aliphatic rings. The first-order chi connectivity index (χ1) is 15.7. The molecule has 0 radical (unpaired) electrons. The number of hydrogen-bond donors (Lipinski definition) is 0. The lowest BCUT2D eigenvalue weighted by Gasteiger charge is -2.48. The van der Waals surface area contributed by atoms with Gasteiger partial charge in [0.2, 0.25) is 0 Å². The third-order valence-electron chi connectivity index (χ3n) is 8.98. The summed E-state index contributed by atoms with van der Waals surface area (Å²) in [6, 6.07) is 2.62. The minimum absolute atomic E-state index is 0.103. The average Bonchev–Trinajstić information content (AvgIpc) is 2.86. The monoisotopic (exact) mass is 441 g/mol. The van der Waals surface area contributed by atoms with Crippen molar-refractivity contribution in [1.29, 1.82) is 0 Å². The molecule has 180 valence electrons. The van der Waals surface area contributed by atoms with Gasteiger partial charge in [0.05, 0.1) is 0 Å². The second-order valence-electron chi connectivity index (χ2n) is 11.2. The molecule has 0 aromatic heterocycles. The van der Waals surface area contributed by atoms with Crippen LogP contribution in [0, 0.1) is 11.8 Å². The highest BCUT2D eigenvalue weighted by molar-refractivity contribution is 5.81. The number of rotatable bonds is 7. The van der Waals surface area contributed by atoms with Gasteiger partial charge in [0.1, 0.15) is 6.10 Å². The van der Waals surface area contributed by atoms with Gasteiger partial charge in [0.15, 0.2) is 0 Å². The Kier molecular flexibility index (Phi) is 9.31. The molecule has 0 amide bonds. The van der Waals surface area contributed by atoms with Crippen LogP contribution in [0.15, 0.2) is 24.8 Å². The van der Waals surface area contributed by atoms with Gasteiger partial charge in [-0.1, -0.05) is 57.3 Å². The van der Waals surface area contributed by atoms with Gasteiger partial charge in [-0.25, -0.2) is 4.79 Å². The van der Waals surface area contributed by atoms with Crippen molar-refractivity contribution in [3.63, 3.8) is 0 Å². The lowest BCUT2D eigenvalue weighted by Crippen LogP contribution is -2.51. The highest BCUT2D eigenvalue weighted by Gasteiger charge is 2.35. The molecule has 4 aliphatic carbocycles. The quantitative estimate of drug-likeness (QED) is 0.235. The molecule has 0 heterocycles. The summed E-state index contributed by atoms with van der Waals surface area (Å²) >= 11 is 0. The van der Waals surface area contributed by atoms with E-state index in [1.165, 1.54) is 96.0 Å². The molecular formula is C29H47NO2. The van der Waals surface area contributed by atoms with E-state index in [0.29, 0.717) is 5.92 Å². The Balaban J connectivity index is 1.24. The minimum Gasteiger partial charge on any atom is -0.459 e. The van der Waals surface area contributed by atoms with Gasteiger partial charge in [-0.15, -0.1) is 0 Å². The SMILES string of the molecule is C=CC(=O)OC1CCC(C=CC2CCC(N(C3CCCCC3)C3CCCCC3)CC2)CC1. The highest BCUT2D eigenvalue weighted by atomic mass is 16.5. The van der Waals surface area contributed by atoms with Crippen LogP contribution in [0.5, 0.6) is 0 Å². The van der Waals surface area contributed by atoms with Crippen molar-refractivity contribution >= 4 is 5.97 Å².